The Kier molecular flexibility index (Phi) is 3.66. The number of halogens is 3. The quantitative estimate of drug-likeness (QED) is 0.860. The lowest BCUT2D eigenvalue weighted by atomic mass is 9.66. The van der Waals surface area contributed by atoms with Crippen LogP contribution in [0.4, 0.5) is 13.2 Å². The van der Waals surface area contributed by atoms with Crippen molar-refractivity contribution in [3.63, 3.8) is 0 Å². The molecular weight excluding hydrogens is 301 g/mol. The van der Waals surface area contributed by atoms with E-state index >= 15 is 0 Å². The molecule has 1 saturated heterocycles. The molecule has 2 heterocycles. The second kappa shape index (κ2) is 5.26. The van der Waals surface area contributed by atoms with E-state index in [4.69, 9.17) is 4.74 Å². The molecule has 0 radical (unpaired) electrons. The second-order valence-corrected chi connectivity index (χ2v) is 6.04. The predicted octanol–water partition coefficient (Wildman–Crippen LogP) is 2.72. The molecule has 1 spiro atoms. The molecule has 0 atom stereocenters. The first-order valence-electron chi connectivity index (χ1n) is 7.27. The van der Waals surface area contributed by atoms with E-state index in [2.05, 4.69) is 9.68 Å². The van der Waals surface area contributed by atoms with Crippen molar-refractivity contribution in [3.05, 3.63) is 17.5 Å². The zero-order valence-corrected chi connectivity index (χ0v) is 12.2. The first-order valence-corrected chi connectivity index (χ1v) is 7.27. The van der Waals surface area contributed by atoms with Crippen LogP contribution in [0.5, 0.6) is 0 Å². The average Bonchev–Trinajstić information content (AvgIpc) is 3.03. The molecule has 1 aliphatic heterocycles. The first-order chi connectivity index (χ1) is 10.3. The average molecular weight is 318 g/mol. The van der Waals surface area contributed by atoms with Gasteiger partial charge in [-0.15, -0.1) is 0 Å². The summed E-state index contributed by atoms with van der Waals surface area (Å²) in [5.74, 6) is -0.662. The zero-order chi connectivity index (χ0) is 16.0. The van der Waals surface area contributed by atoms with Crippen LogP contribution in [0, 0.1) is 5.41 Å². The Bertz CT molecular complexity index is 564. The third-order valence-electron chi connectivity index (χ3n) is 4.52. The van der Waals surface area contributed by atoms with E-state index in [1.54, 1.807) is 0 Å². The number of rotatable bonds is 3. The van der Waals surface area contributed by atoms with Gasteiger partial charge in [0.2, 0.25) is 0 Å². The Morgan fingerprint density at radius 3 is 2.91 bits per heavy atom. The van der Waals surface area contributed by atoms with Gasteiger partial charge in [-0.2, -0.15) is 13.2 Å². The maximum atomic E-state index is 12.8. The number of carbonyl (C=O) groups excluding carboxylic acids is 1. The Hall–Kier alpha value is -1.57. The molecule has 3 rings (SSSR count). The van der Waals surface area contributed by atoms with Crippen LogP contribution in [0.3, 0.4) is 0 Å². The normalized spacial score (nSPS) is 28.2. The van der Waals surface area contributed by atoms with Crippen molar-refractivity contribution in [2.75, 3.05) is 19.7 Å². The minimum atomic E-state index is -4.69. The standard InChI is InChI=1S/C14H17F3N2O3/c1-2-21-9-5-13(6-9)3-4-19(8-13)12(20)10-7-22-18-11(10)14(15,16)17/h7,9H,2-6,8H2,1H3. The fourth-order valence-electron chi connectivity index (χ4n) is 3.46. The van der Waals surface area contributed by atoms with E-state index in [1.807, 2.05) is 6.92 Å². The molecule has 1 saturated carbocycles. The van der Waals surface area contributed by atoms with E-state index in [1.165, 1.54) is 4.90 Å². The zero-order valence-electron chi connectivity index (χ0n) is 12.2. The fraction of sp³-hybridized carbons (Fsp3) is 0.714. The molecule has 1 aliphatic carbocycles. The molecule has 1 aromatic rings. The molecule has 2 fully saturated rings. The Morgan fingerprint density at radius 2 is 2.27 bits per heavy atom. The lowest BCUT2D eigenvalue weighted by Gasteiger charge is -2.44. The molecule has 122 valence electrons. The van der Waals surface area contributed by atoms with Gasteiger partial charge in [0.1, 0.15) is 11.8 Å². The lowest BCUT2D eigenvalue weighted by molar-refractivity contribution is -0.143. The van der Waals surface area contributed by atoms with Crippen molar-refractivity contribution >= 4 is 5.91 Å². The molecule has 1 amide bonds. The van der Waals surface area contributed by atoms with Crippen LogP contribution in [0.25, 0.3) is 0 Å². The molecule has 8 heteroatoms. The van der Waals surface area contributed by atoms with Gasteiger partial charge in [0, 0.05) is 19.7 Å². The van der Waals surface area contributed by atoms with Crippen LogP contribution in [-0.4, -0.2) is 41.8 Å². The summed E-state index contributed by atoms with van der Waals surface area (Å²) < 4.78 is 48.2. The minimum Gasteiger partial charge on any atom is -0.378 e. The van der Waals surface area contributed by atoms with Gasteiger partial charge in [-0.1, -0.05) is 5.16 Å². The highest BCUT2D eigenvalue weighted by Crippen LogP contribution is 2.49. The highest BCUT2D eigenvalue weighted by atomic mass is 19.4. The van der Waals surface area contributed by atoms with Gasteiger partial charge in [-0.05, 0) is 31.6 Å². The number of aromatic nitrogens is 1. The van der Waals surface area contributed by atoms with Crippen molar-refractivity contribution in [1.82, 2.24) is 10.1 Å². The smallest absolute Gasteiger partial charge is 0.378 e. The molecule has 22 heavy (non-hydrogen) atoms. The van der Waals surface area contributed by atoms with Gasteiger partial charge in [0.25, 0.3) is 5.91 Å². The number of ether oxygens (including phenoxy) is 1. The van der Waals surface area contributed by atoms with Crippen molar-refractivity contribution in [3.8, 4) is 0 Å². The minimum absolute atomic E-state index is 0.00502. The number of carbonyl (C=O) groups is 1. The van der Waals surface area contributed by atoms with E-state index in [0.29, 0.717) is 19.7 Å². The number of hydrogen-bond donors (Lipinski definition) is 0. The molecule has 2 aliphatic rings. The predicted molar refractivity (Wildman–Crippen MR) is 69.1 cm³/mol. The number of hydrogen-bond acceptors (Lipinski definition) is 4. The molecule has 0 bridgehead atoms. The van der Waals surface area contributed by atoms with Gasteiger partial charge in [0.05, 0.1) is 6.10 Å². The van der Waals surface area contributed by atoms with E-state index < -0.39 is 23.3 Å². The third kappa shape index (κ3) is 2.60. The van der Waals surface area contributed by atoms with Crippen LogP contribution < -0.4 is 0 Å². The van der Waals surface area contributed by atoms with Crippen LogP contribution in [0.2, 0.25) is 0 Å². The third-order valence-corrected chi connectivity index (χ3v) is 4.52. The Labute approximate surface area is 125 Å². The maximum Gasteiger partial charge on any atom is 0.437 e. The second-order valence-electron chi connectivity index (χ2n) is 6.04. The summed E-state index contributed by atoms with van der Waals surface area (Å²) >= 11 is 0. The van der Waals surface area contributed by atoms with Gasteiger partial charge in [-0.25, -0.2) is 0 Å². The lowest BCUT2D eigenvalue weighted by Crippen LogP contribution is -2.45. The van der Waals surface area contributed by atoms with Crippen molar-refractivity contribution in [1.29, 1.82) is 0 Å². The highest BCUT2D eigenvalue weighted by molar-refractivity contribution is 5.95. The van der Waals surface area contributed by atoms with Crippen LogP contribution in [-0.2, 0) is 10.9 Å². The van der Waals surface area contributed by atoms with Crippen molar-refractivity contribution < 1.29 is 27.2 Å². The van der Waals surface area contributed by atoms with E-state index in [0.717, 1.165) is 25.5 Å². The summed E-state index contributed by atoms with van der Waals surface area (Å²) in [6.07, 6.45) is -1.18. The first kappa shape index (κ1) is 15.3. The Balaban J connectivity index is 1.67. The molecule has 0 aromatic carbocycles. The van der Waals surface area contributed by atoms with Gasteiger partial charge in [-0.3, -0.25) is 4.79 Å². The maximum absolute atomic E-state index is 12.8. The summed E-state index contributed by atoms with van der Waals surface area (Å²) in [7, 11) is 0. The number of alkyl halides is 3. The van der Waals surface area contributed by atoms with Crippen LogP contribution in [0.15, 0.2) is 10.8 Å². The summed E-state index contributed by atoms with van der Waals surface area (Å²) in [6, 6.07) is 0. The Morgan fingerprint density at radius 1 is 1.55 bits per heavy atom. The van der Waals surface area contributed by atoms with Crippen LogP contribution >= 0.6 is 0 Å². The van der Waals surface area contributed by atoms with Gasteiger partial charge in [0.15, 0.2) is 5.69 Å². The summed E-state index contributed by atoms with van der Waals surface area (Å²) in [5, 5.41) is 2.92. The van der Waals surface area contributed by atoms with E-state index in [9.17, 15) is 18.0 Å². The monoisotopic (exact) mass is 318 g/mol. The highest BCUT2D eigenvalue weighted by Gasteiger charge is 2.50. The topological polar surface area (TPSA) is 55.6 Å². The van der Waals surface area contributed by atoms with Crippen molar-refractivity contribution in [2.24, 2.45) is 5.41 Å². The van der Waals surface area contributed by atoms with Gasteiger partial charge >= 0.3 is 6.18 Å². The molecular formula is C14H17F3N2O3. The number of nitrogens with zero attached hydrogens (tertiary/aromatic N) is 2. The molecule has 0 N–H and O–H groups in total. The molecule has 1 aromatic heterocycles. The van der Waals surface area contributed by atoms with Crippen LogP contribution in [0.1, 0.15) is 42.2 Å². The SMILES string of the molecule is CCOC1CC2(CCN(C(=O)c3conc3C(F)(F)F)C2)C1. The molecule has 0 unspecified atom stereocenters. The van der Waals surface area contributed by atoms with Gasteiger partial charge < -0.3 is 14.2 Å². The molecule has 5 nitrogen and oxygen atoms in total. The van der Waals surface area contributed by atoms with E-state index in [-0.39, 0.29) is 11.5 Å². The van der Waals surface area contributed by atoms with Crippen molar-refractivity contribution in [2.45, 2.75) is 38.5 Å². The fourth-order valence-corrected chi connectivity index (χ4v) is 3.46. The number of likely N-dealkylation sites (tertiary alicyclic amines) is 1. The largest absolute Gasteiger partial charge is 0.437 e. The summed E-state index contributed by atoms with van der Waals surface area (Å²) in [6.45, 7) is 3.51. The summed E-state index contributed by atoms with van der Waals surface area (Å²) in [5.41, 5.74) is -1.75. The summed E-state index contributed by atoms with van der Waals surface area (Å²) in [4.78, 5) is 13.8. The number of amides is 1.